The van der Waals surface area contributed by atoms with Gasteiger partial charge in [0.25, 0.3) is 0 Å². The van der Waals surface area contributed by atoms with Crippen LogP contribution in [0.25, 0.3) is 0 Å². The Morgan fingerprint density at radius 1 is 1.18 bits per heavy atom. The van der Waals surface area contributed by atoms with Crippen LogP contribution in [-0.4, -0.2) is 33.4 Å². The van der Waals surface area contributed by atoms with Gasteiger partial charge < -0.3 is 15.3 Å². The Kier molecular flexibility index (Phi) is 7.34. The maximum absolute atomic E-state index is 9.72. The highest BCUT2D eigenvalue weighted by Crippen LogP contribution is 1.89. The topological polar surface area (TPSA) is 129 Å². The minimum atomic E-state index is -1.79. The molecule has 0 rings (SSSR count). The molecule has 0 aliphatic heterocycles. The molecule has 0 aromatic heterocycles. The van der Waals surface area contributed by atoms with Crippen molar-refractivity contribution in [3.05, 3.63) is 9.93 Å². The minimum Gasteiger partial charge on any atom is -0.481 e. The quantitative estimate of drug-likeness (QED) is 0.488. The first-order valence-corrected chi connectivity index (χ1v) is 2.33. The fourth-order valence-corrected chi connectivity index (χ4v) is 0.253. The molecule has 0 heterocycles. The van der Waals surface area contributed by atoms with Crippen molar-refractivity contribution in [2.75, 3.05) is 0 Å². The Labute approximate surface area is 60.5 Å². The molecule has 0 aromatic rings. The van der Waals surface area contributed by atoms with Gasteiger partial charge in [-0.05, 0) is 0 Å². The highest BCUT2D eigenvalue weighted by Gasteiger charge is 2.16. The second kappa shape index (κ2) is 6.62. The molecule has 0 amide bonds. The lowest BCUT2D eigenvalue weighted by atomic mass is 10.3. The standard InChI is InChI=1S/C4H6O5.O2/c5-2(4(8)9)1-3(6)7;1-2/h2,5H,1H2,(H,6,7)(H,8,9);. The third kappa shape index (κ3) is 8.50. The number of carboxylic acids is 2. The number of rotatable bonds is 3. The van der Waals surface area contributed by atoms with Crippen LogP contribution in [0, 0.1) is 9.93 Å². The van der Waals surface area contributed by atoms with Crippen molar-refractivity contribution in [1.29, 1.82) is 0 Å². The number of hydrogen-bond donors (Lipinski definition) is 3. The van der Waals surface area contributed by atoms with Crippen LogP contribution in [0.5, 0.6) is 0 Å². The molecule has 1 atom stereocenters. The van der Waals surface area contributed by atoms with Gasteiger partial charge >= 0.3 is 11.9 Å². The van der Waals surface area contributed by atoms with Gasteiger partial charge in [-0.25, -0.2) is 4.79 Å². The van der Waals surface area contributed by atoms with Gasteiger partial charge in [0.05, 0.1) is 6.42 Å². The molecule has 0 aromatic carbocycles. The fraction of sp³-hybridized carbons (Fsp3) is 0.500. The fourth-order valence-electron chi connectivity index (χ4n) is 0.253. The van der Waals surface area contributed by atoms with E-state index in [1.165, 1.54) is 0 Å². The first-order valence-electron chi connectivity index (χ1n) is 2.33. The summed E-state index contributed by atoms with van der Waals surface area (Å²) in [5.74, 6) is -2.85. The molecule has 64 valence electrons. The molecule has 1 unspecified atom stereocenters. The van der Waals surface area contributed by atoms with E-state index in [4.69, 9.17) is 25.2 Å². The van der Waals surface area contributed by atoms with Gasteiger partial charge in [0.2, 0.25) is 0 Å². The third-order valence-electron chi connectivity index (χ3n) is 0.653. The summed E-state index contributed by atoms with van der Waals surface area (Å²) in [7, 11) is 0. The van der Waals surface area contributed by atoms with Crippen molar-refractivity contribution >= 4 is 11.9 Å². The van der Waals surface area contributed by atoms with E-state index in [2.05, 4.69) is 0 Å². The van der Waals surface area contributed by atoms with Gasteiger partial charge in [-0.3, -0.25) is 4.79 Å². The maximum atomic E-state index is 9.72. The number of aliphatic hydroxyl groups excluding tert-OH is 1. The number of carboxylic acid groups (broad SMARTS) is 2. The van der Waals surface area contributed by atoms with Crippen LogP contribution in [-0.2, 0) is 9.59 Å². The van der Waals surface area contributed by atoms with E-state index < -0.39 is 24.5 Å². The Morgan fingerprint density at radius 3 is 1.64 bits per heavy atom. The van der Waals surface area contributed by atoms with Crippen LogP contribution in [0.15, 0.2) is 0 Å². The molecule has 0 bridgehead atoms. The molecule has 0 aliphatic rings. The number of carbonyl (C=O) groups is 2. The summed E-state index contributed by atoms with van der Waals surface area (Å²) in [6.45, 7) is 0. The van der Waals surface area contributed by atoms with E-state index in [1.807, 2.05) is 0 Å². The first-order chi connectivity index (χ1) is 5.04. The Bertz CT molecular complexity index is 141. The lowest BCUT2D eigenvalue weighted by Gasteiger charge is -1.97. The van der Waals surface area contributed by atoms with E-state index in [0.29, 0.717) is 0 Å². The highest BCUT2D eigenvalue weighted by molar-refractivity contribution is 5.79. The average molecular weight is 166 g/mol. The van der Waals surface area contributed by atoms with Crippen molar-refractivity contribution in [1.82, 2.24) is 0 Å². The number of hydrogen-bond acceptors (Lipinski definition) is 5. The van der Waals surface area contributed by atoms with Gasteiger partial charge in [0, 0.05) is 9.93 Å². The van der Waals surface area contributed by atoms with Crippen molar-refractivity contribution < 1.29 is 24.9 Å². The SMILES string of the molecule is O=C(O)CC(O)C(=O)O.O=O. The zero-order valence-corrected chi connectivity index (χ0v) is 5.26. The Morgan fingerprint density at radius 2 is 1.55 bits per heavy atom. The predicted molar refractivity (Wildman–Crippen MR) is 32.6 cm³/mol. The molecule has 7 heteroatoms. The second-order valence-electron chi connectivity index (χ2n) is 1.45. The van der Waals surface area contributed by atoms with Gasteiger partial charge in [-0.15, -0.1) is 0 Å². The van der Waals surface area contributed by atoms with Crippen molar-refractivity contribution in [3.63, 3.8) is 0 Å². The van der Waals surface area contributed by atoms with Crippen LogP contribution < -0.4 is 0 Å². The van der Waals surface area contributed by atoms with E-state index in [0.717, 1.165) is 0 Å². The third-order valence-corrected chi connectivity index (χ3v) is 0.653. The molecule has 0 aliphatic carbocycles. The van der Waals surface area contributed by atoms with E-state index in [-0.39, 0.29) is 0 Å². The smallest absolute Gasteiger partial charge is 0.333 e. The molecule has 0 fully saturated rings. The number of aliphatic hydroxyl groups is 1. The number of aliphatic carboxylic acids is 2. The average Bonchev–Trinajstić information content (AvgIpc) is 1.90. The molecular weight excluding hydrogens is 160 g/mol. The Hall–Kier alpha value is -1.50. The van der Waals surface area contributed by atoms with Crippen molar-refractivity contribution in [2.24, 2.45) is 0 Å². The van der Waals surface area contributed by atoms with Gasteiger partial charge in [0.15, 0.2) is 6.10 Å². The maximum Gasteiger partial charge on any atom is 0.333 e. The van der Waals surface area contributed by atoms with Crippen LogP contribution in [0.4, 0.5) is 0 Å². The first kappa shape index (κ1) is 12.2. The molecule has 11 heavy (non-hydrogen) atoms. The monoisotopic (exact) mass is 166 g/mol. The van der Waals surface area contributed by atoms with Crippen molar-refractivity contribution in [3.8, 4) is 0 Å². The van der Waals surface area contributed by atoms with Gasteiger partial charge in [-0.1, -0.05) is 0 Å². The predicted octanol–water partition coefficient (Wildman–Crippen LogP) is -1.03. The molecule has 3 N–H and O–H groups in total. The Balaban J connectivity index is 0. The molecule has 0 spiro atoms. The summed E-state index contributed by atoms with van der Waals surface area (Å²) in [6.07, 6.45) is -2.54. The summed E-state index contributed by atoms with van der Waals surface area (Å²) in [5, 5.41) is 24.1. The lowest BCUT2D eigenvalue weighted by Crippen LogP contribution is -2.22. The van der Waals surface area contributed by atoms with Crippen LogP contribution in [0.2, 0.25) is 0 Å². The van der Waals surface area contributed by atoms with Gasteiger partial charge in [0.1, 0.15) is 0 Å². The zero-order chi connectivity index (χ0) is 9.44. The van der Waals surface area contributed by atoms with E-state index in [1.54, 1.807) is 0 Å². The minimum absolute atomic E-state index is 0.755. The van der Waals surface area contributed by atoms with Crippen LogP contribution >= 0.6 is 0 Å². The van der Waals surface area contributed by atoms with E-state index >= 15 is 0 Å². The molecular formula is C4H6O7. The summed E-state index contributed by atoms with van der Waals surface area (Å²) >= 11 is 0. The molecule has 0 saturated carbocycles. The summed E-state index contributed by atoms with van der Waals surface area (Å²) in [4.78, 5) is 33.4. The summed E-state index contributed by atoms with van der Waals surface area (Å²) < 4.78 is 0. The van der Waals surface area contributed by atoms with Crippen LogP contribution in [0.3, 0.4) is 0 Å². The lowest BCUT2D eigenvalue weighted by molar-refractivity contribution is -0.152. The summed E-state index contributed by atoms with van der Waals surface area (Å²) in [5.41, 5.74) is 0. The normalized spacial score (nSPS) is 10.6. The van der Waals surface area contributed by atoms with Crippen molar-refractivity contribution in [2.45, 2.75) is 12.5 Å². The second-order valence-corrected chi connectivity index (χ2v) is 1.45. The summed E-state index contributed by atoms with van der Waals surface area (Å²) in [6, 6.07) is 0. The molecule has 7 nitrogen and oxygen atoms in total. The largest absolute Gasteiger partial charge is 0.481 e. The zero-order valence-electron chi connectivity index (χ0n) is 5.26. The van der Waals surface area contributed by atoms with Crippen LogP contribution in [0.1, 0.15) is 6.42 Å². The molecule has 0 radical (unpaired) electrons. The molecule has 0 saturated heterocycles. The highest BCUT2D eigenvalue weighted by atomic mass is 16.7. The van der Waals surface area contributed by atoms with E-state index in [9.17, 15) is 9.59 Å². The van der Waals surface area contributed by atoms with Gasteiger partial charge in [-0.2, -0.15) is 0 Å².